The van der Waals surface area contributed by atoms with Crippen LogP contribution in [0, 0.1) is 0 Å². The standard InChI is InChI=1S/C21H20N2O2S/c1-22-20(25)17-12-13-26-21(17)23-19(24)14-18(15-8-4-2-5-9-15)16-10-6-3-7-11-16/h2-13,18H,14H2,1H3,(H,22,25)(H,23,24). The highest BCUT2D eigenvalue weighted by Crippen LogP contribution is 2.29. The Kier molecular flexibility index (Phi) is 5.81. The minimum Gasteiger partial charge on any atom is -0.355 e. The second-order valence-corrected chi connectivity index (χ2v) is 6.78. The van der Waals surface area contributed by atoms with Crippen LogP contribution < -0.4 is 10.6 Å². The quantitative estimate of drug-likeness (QED) is 0.686. The van der Waals surface area contributed by atoms with Crippen LogP contribution in [0.25, 0.3) is 0 Å². The monoisotopic (exact) mass is 364 g/mol. The van der Waals surface area contributed by atoms with Gasteiger partial charge in [-0.3, -0.25) is 9.59 Å². The van der Waals surface area contributed by atoms with Gasteiger partial charge in [-0.05, 0) is 22.6 Å². The molecule has 1 heterocycles. The molecular weight excluding hydrogens is 344 g/mol. The van der Waals surface area contributed by atoms with Crippen LogP contribution in [-0.2, 0) is 4.79 Å². The van der Waals surface area contributed by atoms with Crippen LogP contribution in [0.4, 0.5) is 5.00 Å². The van der Waals surface area contributed by atoms with Crippen LogP contribution in [0.5, 0.6) is 0 Å². The minimum atomic E-state index is -0.204. The summed E-state index contributed by atoms with van der Waals surface area (Å²) in [7, 11) is 1.58. The predicted octanol–water partition coefficient (Wildman–Crippen LogP) is 4.27. The zero-order chi connectivity index (χ0) is 18.4. The highest BCUT2D eigenvalue weighted by molar-refractivity contribution is 7.14. The summed E-state index contributed by atoms with van der Waals surface area (Å²) >= 11 is 1.35. The van der Waals surface area contributed by atoms with Crippen molar-refractivity contribution in [2.24, 2.45) is 0 Å². The van der Waals surface area contributed by atoms with E-state index in [0.29, 0.717) is 17.0 Å². The smallest absolute Gasteiger partial charge is 0.254 e. The molecule has 2 aromatic carbocycles. The number of anilines is 1. The molecule has 3 rings (SSSR count). The molecule has 0 aliphatic carbocycles. The first-order valence-corrected chi connectivity index (χ1v) is 9.26. The fraction of sp³-hybridized carbons (Fsp3) is 0.143. The molecule has 0 aliphatic heterocycles. The molecule has 0 saturated heterocycles. The zero-order valence-electron chi connectivity index (χ0n) is 14.4. The summed E-state index contributed by atoms with van der Waals surface area (Å²) in [5.41, 5.74) is 2.67. The van der Waals surface area contributed by atoms with Gasteiger partial charge in [0.15, 0.2) is 0 Å². The van der Waals surface area contributed by atoms with Gasteiger partial charge in [-0.2, -0.15) is 0 Å². The third-order valence-electron chi connectivity index (χ3n) is 4.18. The van der Waals surface area contributed by atoms with E-state index in [1.165, 1.54) is 11.3 Å². The van der Waals surface area contributed by atoms with Gasteiger partial charge in [0.05, 0.1) is 5.56 Å². The fourth-order valence-corrected chi connectivity index (χ4v) is 3.68. The summed E-state index contributed by atoms with van der Waals surface area (Å²) < 4.78 is 0. The normalized spacial score (nSPS) is 10.5. The van der Waals surface area contributed by atoms with Gasteiger partial charge in [0.2, 0.25) is 5.91 Å². The van der Waals surface area contributed by atoms with Crippen molar-refractivity contribution in [1.29, 1.82) is 0 Å². The van der Waals surface area contributed by atoms with Crippen molar-refractivity contribution in [3.8, 4) is 0 Å². The van der Waals surface area contributed by atoms with E-state index < -0.39 is 0 Å². The van der Waals surface area contributed by atoms with Crippen molar-refractivity contribution in [1.82, 2.24) is 5.32 Å². The van der Waals surface area contributed by atoms with Crippen LogP contribution in [-0.4, -0.2) is 18.9 Å². The summed E-state index contributed by atoms with van der Waals surface area (Å²) in [5, 5.41) is 7.86. The molecule has 0 spiro atoms. The van der Waals surface area contributed by atoms with Crippen LogP contribution >= 0.6 is 11.3 Å². The Hall–Kier alpha value is -2.92. The molecule has 0 atom stereocenters. The lowest BCUT2D eigenvalue weighted by Gasteiger charge is -2.18. The van der Waals surface area contributed by atoms with Gasteiger partial charge in [-0.15, -0.1) is 11.3 Å². The van der Waals surface area contributed by atoms with Crippen molar-refractivity contribution in [2.45, 2.75) is 12.3 Å². The molecule has 0 bridgehead atoms. The first-order chi connectivity index (χ1) is 12.7. The molecular formula is C21H20N2O2S. The van der Waals surface area contributed by atoms with Gasteiger partial charge in [-0.25, -0.2) is 0 Å². The van der Waals surface area contributed by atoms with Gasteiger partial charge in [0.1, 0.15) is 5.00 Å². The molecule has 3 aromatic rings. The van der Waals surface area contributed by atoms with Gasteiger partial charge >= 0.3 is 0 Å². The molecule has 0 aliphatic rings. The molecule has 5 heteroatoms. The van der Waals surface area contributed by atoms with E-state index >= 15 is 0 Å². The molecule has 26 heavy (non-hydrogen) atoms. The molecule has 0 fully saturated rings. The van der Waals surface area contributed by atoms with E-state index in [4.69, 9.17) is 0 Å². The van der Waals surface area contributed by atoms with Gasteiger partial charge in [0, 0.05) is 19.4 Å². The number of thiophene rings is 1. The number of benzene rings is 2. The number of amides is 2. The minimum absolute atomic E-state index is 0.0409. The Balaban J connectivity index is 1.81. The Morgan fingerprint density at radius 2 is 1.50 bits per heavy atom. The van der Waals surface area contributed by atoms with Crippen molar-refractivity contribution >= 4 is 28.2 Å². The molecule has 2 N–H and O–H groups in total. The summed E-state index contributed by atoms with van der Waals surface area (Å²) in [6.45, 7) is 0. The Morgan fingerprint density at radius 1 is 0.923 bits per heavy atom. The highest BCUT2D eigenvalue weighted by Gasteiger charge is 2.20. The average Bonchev–Trinajstić information content (AvgIpc) is 3.15. The zero-order valence-corrected chi connectivity index (χ0v) is 15.3. The van der Waals surface area contributed by atoms with E-state index in [0.717, 1.165) is 11.1 Å². The third-order valence-corrected chi connectivity index (χ3v) is 5.01. The fourth-order valence-electron chi connectivity index (χ4n) is 2.88. The van der Waals surface area contributed by atoms with Crippen molar-refractivity contribution in [2.75, 3.05) is 12.4 Å². The largest absolute Gasteiger partial charge is 0.355 e. The second-order valence-electron chi connectivity index (χ2n) is 5.87. The molecule has 0 radical (unpaired) electrons. The maximum Gasteiger partial charge on any atom is 0.254 e. The van der Waals surface area contributed by atoms with Gasteiger partial charge in [-0.1, -0.05) is 60.7 Å². The van der Waals surface area contributed by atoms with Crippen LogP contribution in [0.2, 0.25) is 0 Å². The Morgan fingerprint density at radius 3 is 2.04 bits per heavy atom. The van der Waals surface area contributed by atoms with E-state index in [1.807, 2.05) is 60.7 Å². The van der Waals surface area contributed by atoms with E-state index in [1.54, 1.807) is 18.5 Å². The van der Waals surface area contributed by atoms with Gasteiger partial charge < -0.3 is 10.6 Å². The summed E-state index contributed by atoms with van der Waals surface area (Å²) in [6, 6.07) is 21.7. The molecule has 0 unspecified atom stereocenters. The maximum absolute atomic E-state index is 12.7. The summed E-state index contributed by atoms with van der Waals surface area (Å²) in [6.07, 6.45) is 0.305. The molecule has 0 saturated carbocycles. The SMILES string of the molecule is CNC(=O)c1ccsc1NC(=O)CC(c1ccccc1)c1ccccc1. The molecule has 4 nitrogen and oxygen atoms in total. The molecule has 132 valence electrons. The maximum atomic E-state index is 12.7. The van der Waals surface area contributed by atoms with Crippen LogP contribution in [0.3, 0.4) is 0 Å². The lowest BCUT2D eigenvalue weighted by atomic mass is 9.88. The number of nitrogens with one attached hydrogen (secondary N) is 2. The topological polar surface area (TPSA) is 58.2 Å². The number of carbonyl (C=O) groups is 2. The first kappa shape index (κ1) is 17.9. The lowest BCUT2D eigenvalue weighted by molar-refractivity contribution is -0.116. The summed E-state index contributed by atoms with van der Waals surface area (Å²) in [5.74, 6) is -0.361. The lowest BCUT2D eigenvalue weighted by Crippen LogP contribution is -2.21. The van der Waals surface area contributed by atoms with Gasteiger partial charge in [0.25, 0.3) is 5.91 Å². The Labute approximate surface area is 156 Å². The molecule has 1 aromatic heterocycles. The number of hydrogen-bond acceptors (Lipinski definition) is 3. The van der Waals surface area contributed by atoms with Crippen molar-refractivity contribution in [3.63, 3.8) is 0 Å². The second kappa shape index (κ2) is 8.45. The van der Waals surface area contributed by atoms with Crippen molar-refractivity contribution < 1.29 is 9.59 Å². The third kappa shape index (κ3) is 4.18. The van der Waals surface area contributed by atoms with E-state index in [9.17, 15) is 9.59 Å². The van der Waals surface area contributed by atoms with E-state index in [-0.39, 0.29) is 17.7 Å². The van der Waals surface area contributed by atoms with Crippen LogP contribution in [0.1, 0.15) is 33.8 Å². The van der Waals surface area contributed by atoms with Crippen molar-refractivity contribution in [3.05, 3.63) is 88.8 Å². The number of rotatable bonds is 6. The predicted molar refractivity (Wildman–Crippen MR) is 106 cm³/mol. The first-order valence-electron chi connectivity index (χ1n) is 8.38. The number of hydrogen-bond donors (Lipinski definition) is 2. The average molecular weight is 364 g/mol. The highest BCUT2D eigenvalue weighted by atomic mass is 32.1. The Bertz CT molecular complexity index is 836. The summed E-state index contributed by atoms with van der Waals surface area (Å²) in [4.78, 5) is 24.6. The number of carbonyl (C=O) groups excluding carboxylic acids is 2. The van der Waals surface area contributed by atoms with E-state index in [2.05, 4.69) is 10.6 Å². The van der Waals surface area contributed by atoms with Crippen LogP contribution in [0.15, 0.2) is 72.1 Å². The molecule has 2 amide bonds.